The van der Waals surface area contributed by atoms with Crippen molar-refractivity contribution in [1.29, 1.82) is 0 Å². The molecule has 3 aliphatic rings. The second-order valence-corrected chi connectivity index (χ2v) is 8.69. The Morgan fingerprint density at radius 1 is 1.24 bits per heavy atom. The van der Waals surface area contributed by atoms with Crippen LogP contribution in [0.1, 0.15) is 51.2 Å². The minimum Gasteiger partial charge on any atom is -0.491 e. The van der Waals surface area contributed by atoms with Gasteiger partial charge in [0.1, 0.15) is 17.2 Å². The summed E-state index contributed by atoms with van der Waals surface area (Å²) in [6.45, 7) is 1.35. The molecule has 2 aliphatic heterocycles. The third-order valence-corrected chi connectivity index (χ3v) is 6.60. The van der Waals surface area contributed by atoms with Crippen molar-refractivity contribution in [3.63, 3.8) is 0 Å². The van der Waals surface area contributed by atoms with Crippen LogP contribution in [0.4, 0.5) is 8.78 Å². The first-order chi connectivity index (χ1) is 15.8. The van der Waals surface area contributed by atoms with Crippen LogP contribution in [0.3, 0.4) is 0 Å². The molecule has 1 aromatic carbocycles. The van der Waals surface area contributed by atoms with Crippen LogP contribution >= 0.6 is 0 Å². The maximum absolute atomic E-state index is 14.1. The lowest BCUT2D eigenvalue weighted by Gasteiger charge is -2.44. The van der Waals surface area contributed by atoms with Crippen molar-refractivity contribution in [3.8, 4) is 5.75 Å². The van der Waals surface area contributed by atoms with Gasteiger partial charge in [-0.3, -0.25) is 14.4 Å². The summed E-state index contributed by atoms with van der Waals surface area (Å²) in [6, 6.07) is 2.38. The van der Waals surface area contributed by atoms with Crippen LogP contribution in [-0.4, -0.2) is 46.8 Å². The van der Waals surface area contributed by atoms with Crippen LogP contribution in [0.15, 0.2) is 23.1 Å². The van der Waals surface area contributed by atoms with Gasteiger partial charge in [-0.25, -0.2) is 8.78 Å². The van der Waals surface area contributed by atoms with Crippen molar-refractivity contribution in [2.45, 2.75) is 57.6 Å². The van der Waals surface area contributed by atoms with Crippen molar-refractivity contribution in [1.82, 2.24) is 14.8 Å². The van der Waals surface area contributed by atoms with Gasteiger partial charge >= 0.3 is 0 Å². The van der Waals surface area contributed by atoms with Gasteiger partial charge < -0.3 is 24.3 Å². The Balaban J connectivity index is 1.47. The molecule has 5 rings (SSSR count). The van der Waals surface area contributed by atoms with Gasteiger partial charge in [-0.1, -0.05) is 0 Å². The fourth-order valence-electron chi connectivity index (χ4n) is 5.05. The number of amides is 2. The average Bonchev–Trinajstić information content (AvgIpc) is 3.13. The highest BCUT2D eigenvalue weighted by Gasteiger charge is 2.47. The molecule has 10 heteroatoms. The van der Waals surface area contributed by atoms with E-state index in [1.165, 1.54) is 17.9 Å². The van der Waals surface area contributed by atoms with E-state index < -0.39 is 35.7 Å². The SMILES string of the molecule is COc1c2n(cc(C(=O)NCc3c(F)cc(C)cc3F)c1=O)C[C@H]1O[C@@H]3CC[C@@H](C3)N1C2=O. The molecule has 33 heavy (non-hydrogen) atoms. The standard InChI is InChI=1S/C23H23F2N3O5/c1-11-5-16(24)14(17(25)6-11)8-26-22(30)15-9-27-10-18-28(12-3-4-13(7-12)33-18)23(31)19(27)21(32-2)20(15)29/h5-6,9,12-13,18H,3-4,7-8,10H2,1-2H3,(H,26,30)/t12-,13+,18+/m0/s1. The number of rotatable bonds is 4. The van der Waals surface area contributed by atoms with E-state index in [0.717, 1.165) is 31.4 Å². The molecule has 1 saturated carbocycles. The molecule has 1 aromatic heterocycles. The summed E-state index contributed by atoms with van der Waals surface area (Å²) in [5, 5.41) is 2.39. The summed E-state index contributed by atoms with van der Waals surface area (Å²) >= 11 is 0. The molecule has 3 atom stereocenters. The van der Waals surface area contributed by atoms with Gasteiger partial charge in [0, 0.05) is 24.3 Å². The van der Waals surface area contributed by atoms with E-state index in [-0.39, 0.29) is 47.2 Å². The summed E-state index contributed by atoms with van der Waals surface area (Å²) in [5.74, 6) is -3.02. The fourth-order valence-corrected chi connectivity index (χ4v) is 5.05. The van der Waals surface area contributed by atoms with Gasteiger partial charge in [0.05, 0.1) is 19.8 Å². The van der Waals surface area contributed by atoms with E-state index in [1.54, 1.807) is 11.8 Å². The Bertz CT molecular complexity index is 1200. The molecular formula is C23H23F2N3O5. The van der Waals surface area contributed by atoms with E-state index in [1.807, 2.05) is 0 Å². The van der Waals surface area contributed by atoms with Crippen LogP contribution in [0.5, 0.6) is 5.75 Å². The number of methoxy groups -OCH3 is 1. The summed E-state index contributed by atoms with van der Waals surface area (Å²) < 4.78 is 41.0. The third-order valence-electron chi connectivity index (χ3n) is 6.60. The quantitative estimate of drug-likeness (QED) is 0.757. The maximum Gasteiger partial charge on any atom is 0.276 e. The number of nitrogens with one attached hydrogen (secondary N) is 1. The number of benzene rings is 1. The predicted octanol–water partition coefficient (Wildman–Crippen LogP) is 2.11. The van der Waals surface area contributed by atoms with Gasteiger partial charge in [0.2, 0.25) is 5.43 Å². The van der Waals surface area contributed by atoms with E-state index in [2.05, 4.69) is 5.32 Å². The lowest BCUT2D eigenvalue weighted by Crippen LogP contribution is -2.57. The highest BCUT2D eigenvalue weighted by atomic mass is 19.1. The smallest absolute Gasteiger partial charge is 0.276 e. The van der Waals surface area contributed by atoms with Crippen LogP contribution in [0, 0.1) is 18.6 Å². The highest BCUT2D eigenvalue weighted by molar-refractivity contribution is 5.99. The lowest BCUT2D eigenvalue weighted by molar-refractivity contribution is -0.132. The number of hydrogen-bond acceptors (Lipinski definition) is 5. The second kappa shape index (κ2) is 7.95. The fraction of sp³-hybridized carbons (Fsp3) is 0.435. The third kappa shape index (κ3) is 3.49. The first kappa shape index (κ1) is 21.6. The Labute approximate surface area is 188 Å². The Morgan fingerprint density at radius 2 is 1.97 bits per heavy atom. The molecule has 1 aliphatic carbocycles. The number of hydrogen-bond donors (Lipinski definition) is 1. The van der Waals surface area contributed by atoms with E-state index in [4.69, 9.17) is 9.47 Å². The minimum atomic E-state index is -0.826. The number of aryl methyl sites for hydroxylation is 1. The molecule has 8 nitrogen and oxygen atoms in total. The van der Waals surface area contributed by atoms with Crippen molar-refractivity contribution in [3.05, 3.63) is 62.6 Å². The van der Waals surface area contributed by atoms with Gasteiger partial charge in [0.25, 0.3) is 11.8 Å². The van der Waals surface area contributed by atoms with Gasteiger partial charge in [-0.2, -0.15) is 0 Å². The zero-order valence-electron chi connectivity index (χ0n) is 18.2. The van der Waals surface area contributed by atoms with Gasteiger partial charge in [-0.15, -0.1) is 0 Å². The number of fused-ring (bicyclic) bond motifs is 5. The molecule has 1 saturated heterocycles. The Kier molecular flexibility index (Phi) is 5.19. The molecule has 0 unspecified atom stereocenters. The van der Waals surface area contributed by atoms with Crippen LogP contribution in [0.25, 0.3) is 0 Å². The molecule has 174 valence electrons. The number of halogens is 2. The summed E-state index contributed by atoms with van der Waals surface area (Å²) in [7, 11) is 1.26. The summed E-state index contributed by atoms with van der Waals surface area (Å²) in [6.07, 6.45) is 3.36. The first-order valence-corrected chi connectivity index (χ1v) is 10.8. The largest absolute Gasteiger partial charge is 0.491 e. The van der Waals surface area contributed by atoms with E-state index in [9.17, 15) is 23.2 Å². The average molecular weight is 459 g/mol. The number of pyridine rings is 1. The van der Waals surface area contributed by atoms with E-state index >= 15 is 0 Å². The maximum atomic E-state index is 14.1. The number of carbonyl (C=O) groups is 2. The topological polar surface area (TPSA) is 89.9 Å². The van der Waals surface area contributed by atoms with Gasteiger partial charge in [-0.05, 0) is 43.9 Å². The molecule has 2 bridgehead atoms. The molecule has 3 heterocycles. The van der Waals surface area contributed by atoms with Crippen molar-refractivity contribution in [2.24, 2.45) is 0 Å². The second-order valence-electron chi connectivity index (χ2n) is 8.69. The monoisotopic (exact) mass is 459 g/mol. The number of aromatic nitrogens is 1. The molecule has 2 aromatic rings. The molecule has 0 spiro atoms. The lowest BCUT2D eigenvalue weighted by atomic mass is 10.1. The molecule has 2 fully saturated rings. The number of carbonyl (C=O) groups excluding carboxylic acids is 2. The van der Waals surface area contributed by atoms with E-state index in [0.29, 0.717) is 5.56 Å². The zero-order chi connectivity index (χ0) is 23.4. The summed E-state index contributed by atoms with van der Waals surface area (Å²) in [4.78, 5) is 40.8. The minimum absolute atomic E-state index is 0.0529. The normalized spacial score (nSPS) is 23.2. The van der Waals surface area contributed by atoms with Crippen LogP contribution < -0.4 is 15.5 Å². The van der Waals surface area contributed by atoms with Crippen molar-refractivity contribution >= 4 is 11.8 Å². The first-order valence-electron chi connectivity index (χ1n) is 10.8. The van der Waals surface area contributed by atoms with Crippen LogP contribution in [-0.2, 0) is 17.8 Å². The zero-order valence-corrected chi connectivity index (χ0v) is 18.2. The van der Waals surface area contributed by atoms with Crippen molar-refractivity contribution in [2.75, 3.05) is 7.11 Å². The number of ether oxygens (including phenoxy) is 2. The Morgan fingerprint density at radius 3 is 2.67 bits per heavy atom. The molecule has 0 radical (unpaired) electrons. The highest BCUT2D eigenvalue weighted by Crippen LogP contribution is 2.38. The summed E-state index contributed by atoms with van der Waals surface area (Å²) in [5.41, 5.74) is -0.880. The molecule has 2 amide bonds. The van der Waals surface area contributed by atoms with Crippen molar-refractivity contribution < 1.29 is 27.8 Å². The molecular weight excluding hydrogens is 436 g/mol. The Hall–Kier alpha value is -3.27. The number of nitrogens with zero attached hydrogens (tertiary/aromatic N) is 2. The predicted molar refractivity (Wildman–Crippen MR) is 112 cm³/mol. The van der Waals surface area contributed by atoms with Gasteiger partial charge in [0.15, 0.2) is 17.7 Å². The molecule has 1 N–H and O–H groups in total. The van der Waals surface area contributed by atoms with Crippen LogP contribution in [0.2, 0.25) is 0 Å².